The van der Waals surface area contributed by atoms with Crippen LogP contribution in [0.1, 0.15) is 32.8 Å². The zero-order chi connectivity index (χ0) is 14.0. The Morgan fingerprint density at radius 3 is 2.11 bits per heavy atom. The average Bonchev–Trinajstić information content (AvgIpc) is 2.39. The van der Waals surface area contributed by atoms with Gasteiger partial charge in [0.15, 0.2) is 0 Å². The molecule has 0 bridgehead atoms. The Hall–Kier alpha value is -1.08. The molecule has 0 nitrogen and oxygen atoms in total. The van der Waals surface area contributed by atoms with Crippen LogP contribution in [0, 0.1) is 6.92 Å². The Labute approximate surface area is 120 Å². The first-order chi connectivity index (χ1) is 8.49. The topological polar surface area (TPSA) is 0 Å². The number of benzene rings is 1. The highest BCUT2D eigenvalue weighted by molar-refractivity contribution is 9.10. The van der Waals surface area contributed by atoms with Crippen molar-refractivity contribution in [3.63, 3.8) is 0 Å². The second-order valence-corrected chi connectivity index (χ2v) is 5.19. The number of aryl methyl sites for hydroxylation is 1. The van der Waals surface area contributed by atoms with Crippen LogP contribution in [0.4, 0.5) is 0 Å². The predicted molar refractivity (Wildman–Crippen MR) is 86.9 cm³/mol. The highest BCUT2D eigenvalue weighted by Crippen LogP contribution is 2.08. The summed E-state index contributed by atoms with van der Waals surface area (Å²) in [5.74, 6) is 0. The molecule has 0 aliphatic heterocycles. The summed E-state index contributed by atoms with van der Waals surface area (Å²) < 4.78 is 1.14. The third-order valence-corrected chi connectivity index (χ3v) is 3.05. The first-order valence-corrected chi connectivity index (χ1v) is 6.97. The van der Waals surface area contributed by atoms with Crippen molar-refractivity contribution in [3.05, 3.63) is 70.3 Å². The van der Waals surface area contributed by atoms with E-state index in [1.54, 1.807) is 0 Å². The van der Waals surface area contributed by atoms with Gasteiger partial charge in [0.05, 0.1) is 0 Å². The van der Waals surface area contributed by atoms with E-state index in [4.69, 9.17) is 0 Å². The number of rotatable bonds is 3. The van der Waals surface area contributed by atoms with Crippen LogP contribution in [0.25, 0.3) is 0 Å². The zero-order valence-electron chi connectivity index (χ0n) is 11.8. The van der Waals surface area contributed by atoms with Crippen LogP contribution in [0.15, 0.2) is 64.7 Å². The molecule has 0 saturated carbocycles. The molecule has 0 atom stereocenters. The summed E-state index contributed by atoms with van der Waals surface area (Å²) in [6.45, 7) is 12.1. The number of hydrogen-bond donors (Lipinski definition) is 0. The Balaban J connectivity index is 0.000000327. The van der Waals surface area contributed by atoms with Gasteiger partial charge >= 0.3 is 0 Å². The Morgan fingerprint density at radius 1 is 1.17 bits per heavy atom. The maximum Gasteiger partial charge on any atom is 0.0175 e. The summed E-state index contributed by atoms with van der Waals surface area (Å²) in [6.07, 6.45) is 7.21. The summed E-state index contributed by atoms with van der Waals surface area (Å²) in [7, 11) is 0. The van der Waals surface area contributed by atoms with E-state index in [-0.39, 0.29) is 0 Å². The fourth-order valence-corrected chi connectivity index (χ4v) is 1.26. The third kappa shape index (κ3) is 9.00. The van der Waals surface area contributed by atoms with Gasteiger partial charge in [0.2, 0.25) is 0 Å². The molecule has 0 aliphatic carbocycles. The van der Waals surface area contributed by atoms with Gasteiger partial charge in [-0.05, 0) is 39.3 Å². The van der Waals surface area contributed by atoms with Gasteiger partial charge in [-0.2, -0.15) is 0 Å². The van der Waals surface area contributed by atoms with Crippen molar-refractivity contribution < 1.29 is 0 Å². The average molecular weight is 307 g/mol. The van der Waals surface area contributed by atoms with E-state index in [0.717, 1.165) is 10.9 Å². The van der Waals surface area contributed by atoms with Crippen LogP contribution in [0.5, 0.6) is 0 Å². The molecule has 0 saturated heterocycles. The number of halogens is 1. The molecule has 0 aliphatic rings. The smallest absolute Gasteiger partial charge is 0.0175 e. The van der Waals surface area contributed by atoms with E-state index >= 15 is 0 Å². The molecule has 0 radical (unpaired) electrons. The standard InChI is InChI=1S/C10H16.C7H7Br/c1-5-9(3)7-8-10(4)6-2;1-6-2-4-7(8)5-3-6/h5,7-8H,1,6H2,2-4H3;2-5H,1H3/b9-7-,10-8-;. The molecule has 0 unspecified atom stereocenters. The minimum Gasteiger partial charge on any atom is -0.0988 e. The number of allylic oxidation sites excluding steroid dienone is 5. The van der Waals surface area contributed by atoms with Crippen molar-refractivity contribution in [1.82, 2.24) is 0 Å². The molecule has 98 valence electrons. The summed E-state index contributed by atoms with van der Waals surface area (Å²) in [5.41, 5.74) is 3.92. The van der Waals surface area contributed by atoms with Crippen LogP contribution in [-0.2, 0) is 0 Å². The molecule has 0 aromatic heterocycles. The maximum absolute atomic E-state index is 3.67. The van der Waals surface area contributed by atoms with E-state index in [2.05, 4.69) is 67.6 Å². The number of hydrogen-bond acceptors (Lipinski definition) is 0. The molecule has 0 spiro atoms. The Bertz CT molecular complexity index is 387. The quantitative estimate of drug-likeness (QED) is 0.580. The molecule has 0 N–H and O–H groups in total. The summed E-state index contributed by atoms with van der Waals surface area (Å²) in [5, 5.41) is 0. The first kappa shape index (κ1) is 16.9. The van der Waals surface area contributed by atoms with E-state index in [1.807, 2.05) is 25.1 Å². The van der Waals surface area contributed by atoms with E-state index < -0.39 is 0 Å². The zero-order valence-corrected chi connectivity index (χ0v) is 13.4. The normalized spacial score (nSPS) is 11.6. The van der Waals surface area contributed by atoms with Gasteiger partial charge in [0.25, 0.3) is 0 Å². The van der Waals surface area contributed by atoms with Crippen molar-refractivity contribution in [2.45, 2.75) is 34.1 Å². The first-order valence-electron chi connectivity index (χ1n) is 6.18. The fourth-order valence-electron chi connectivity index (χ4n) is 0.993. The molecule has 0 heterocycles. The largest absolute Gasteiger partial charge is 0.0988 e. The fraction of sp³-hybridized carbons (Fsp3) is 0.294. The van der Waals surface area contributed by atoms with E-state index in [9.17, 15) is 0 Å². The lowest BCUT2D eigenvalue weighted by Crippen LogP contribution is -1.69. The molecule has 1 heteroatoms. The van der Waals surface area contributed by atoms with Crippen LogP contribution >= 0.6 is 15.9 Å². The van der Waals surface area contributed by atoms with Gasteiger partial charge in [-0.15, -0.1) is 0 Å². The summed E-state index contributed by atoms with van der Waals surface area (Å²) in [6, 6.07) is 8.22. The highest BCUT2D eigenvalue weighted by atomic mass is 79.9. The second-order valence-electron chi connectivity index (χ2n) is 4.28. The van der Waals surface area contributed by atoms with Gasteiger partial charge in [0, 0.05) is 4.47 Å². The molecule has 0 amide bonds. The van der Waals surface area contributed by atoms with Gasteiger partial charge < -0.3 is 0 Å². The van der Waals surface area contributed by atoms with Gasteiger partial charge in [0.1, 0.15) is 0 Å². The lowest BCUT2D eigenvalue weighted by atomic mass is 10.2. The van der Waals surface area contributed by atoms with Crippen LogP contribution in [-0.4, -0.2) is 0 Å². The lowest BCUT2D eigenvalue weighted by Gasteiger charge is -1.90. The molecule has 1 aromatic carbocycles. The van der Waals surface area contributed by atoms with Crippen LogP contribution in [0.2, 0.25) is 0 Å². The minimum atomic E-state index is 1.13. The van der Waals surface area contributed by atoms with Crippen LogP contribution in [0.3, 0.4) is 0 Å². The SMILES string of the molecule is C=C/C(C)=C\C=C(\C)CC.Cc1ccc(Br)cc1. The molecule has 18 heavy (non-hydrogen) atoms. The van der Waals surface area contributed by atoms with Gasteiger partial charge in [-0.25, -0.2) is 0 Å². The van der Waals surface area contributed by atoms with E-state index in [1.165, 1.54) is 16.7 Å². The molecule has 1 aromatic rings. The highest BCUT2D eigenvalue weighted by Gasteiger charge is 1.81. The van der Waals surface area contributed by atoms with Gasteiger partial charge in [-0.3, -0.25) is 0 Å². The molecule has 0 fully saturated rings. The third-order valence-electron chi connectivity index (χ3n) is 2.52. The van der Waals surface area contributed by atoms with Gasteiger partial charge in [-0.1, -0.05) is 76.5 Å². The van der Waals surface area contributed by atoms with Crippen molar-refractivity contribution in [3.8, 4) is 0 Å². The summed E-state index contributed by atoms with van der Waals surface area (Å²) in [4.78, 5) is 0. The van der Waals surface area contributed by atoms with Crippen molar-refractivity contribution in [2.75, 3.05) is 0 Å². The van der Waals surface area contributed by atoms with Crippen molar-refractivity contribution >= 4 is 15.9 Å². The van der Waals surface area contributed by atoms with Crippen LogP contribution < -0.4 is 0 Å². The monoisotopic (exact) mass is 306 g/mol. The predicted octanol–water partition coefficient (Wildman–Crippen LogP) is 6.23. The molecule has 1 rings (SSSR count). The second kappa shape index (κ2) is 9.90. The molecular weight excluding hydrogens is 284 g/mol. The van der Waals surface area contributed by atoms with Crippen molar-refractivity contribution in [1.29, 1.82) is 0 Å². The minimum absolute atomic E-state index is 1.13. The Morgan fingerprint density at radius 2 is 1.72 bits per heavy atom. The van der Waals surface area contributed by atoms with E-state index in [0.29, 0.717) is 0 Å². The summed E-state index contributed by atoms with van der Waals surface area (Å²) >= 11 is 3.35. The Kier molecular flexibility index (Phi) is 9.31. The molecular formula is C17H23Br. The lowest BCUT2D eigenvalue weighted by molar-refractivity contribution is 1.10. The van der Waals surface area contributed by atoms with Crippen molar-refractivity contribution in [2.24, 2.45) is 0 Å². The maximum atomic E-state index is 3.67.